The molecule has 0 aromatic carbocycles. The van der Waals surface area contributed by atoms with E-state index in [1.54, 1.807) is 18.4 Å². The summed E-state index contributed by atoms with van der Waals surface area (Å²) in [6.07, 6.45) is 1.53. The number of anilines is 2. The standard InChI is InChI=1S/C13H18N4OS/c1-4-14-12-11(18-3)13(17-8-16-12)15-7-10-9(2)5-6-19-10/h5-6,8H,4,7H2,1-3H3,(H2,14,15,16,17). The molecule has 0 spiro atoms. The number of thiophene rings is 1. The van der Waals surface area contributed by atoms with Crippen molar-refractivity contribution in [2.45, 2.75) is 20.4 Å². The molecule has 0 saturated heterocycles. The van der Waals surface area contributed by atoms with Gasteiger partial charge < -0.3 is 15.4 Å². The zero-order valence-corrected chi connectivity index (χ0v) is 12.2. The van der Waals surface area contributed by atoms with Crippen molar-refractivity contribution in [1.29, 1.82) is 0 Å². The number of ether oxygens (including phenoxy) is 1. The second kappa shape index (κ2) is 6.38. The fourth-order valence-electron chi connectivity index (χ4n) is 1.74. The van der Waals surface area contributed by atoms with Gasteiger partial charge in [-0.2, -0.15) is 0 Å². The lowest BCUT2D eigenvalue weighted by Gasteiger charge is -2.13. The summed E-state index contributed by atoms with van der Waals surface area (Å²) in [6.45, 7) is 5.65. The summed E-state index contributed by atoms with van der Waals surface area (Å²) in [5.41, 5.74) is 1.29. The van der Waals surface area contributed by atoms with E-state index in [9.17, 15) is 0 Å². The minimum atomic E-state index is 0.651. The highest BCUT2D eigenvalue weighted by molar-refractivity contribution is 7.10. The molecule has 0 aliphatic rings. The lowest BCUT2D eigenvalue weighted by Crippen LogP contribution is -2.08. The number of hydrogen-bond acceptors (Lipinski definition) is 6. The molecule has 19 heavy (non-hydrogen) atoms. The highest BCUT2D eigenvalue weighted by atomic mass is 32.1. The Kier molecular flexibility index (Phi) is 4.57. The highest BCUT2D eigenvalue weighted by Gasteiger charge is 2.11. The normalized spacial score (nSPS) is 10.3. The Balaban J connectivity index is 2.15. The fraction of sp³-hybridized carbons (Fsp3) is 0.385. The number of aryl methyl sites for hydroxylation is 1. The Morgan fingerprint density at radius 2 is 2.00 bits per heavy atom. The Morgan fingerprint density at radius 3 is 2.58 bits per heavy atom. The highest BCUT2D eigenvalue weighted by Crippen LogP contribution is 2.29. The molecule has 0 aliphatic carbocycles. The number of hydrogen-bond donors (Lipinski definition) is 2. The largest absolute Gasteiger partial charge is 0.490 e. The number of aromatic nitrogens is 2. The molecule has 0 unspecified atom stereocenters. The topological polar surface area (TPSA) is 59.1 Å². The lowest BCUT2D eigenvalue weighted by molar-refractivity contribution is 0.414. The van der Waals surface area contributed by atoms with Crippen molar-refractivity contribution >= 4 is 23.0 Å². The molecule has 0 fully saturated rings. The summed E-state index contributed by atoms with van der Waals surface area (Å²) in [7, 11) is 1.63. The molecule has 0 atom stereocenters. The molecular formula is C13H18N4OS. The van der Waals surface area contributed by atoms with Crippen molar-refractivity contribution in [3.05, 3.63) is 28.2 Å². The van der Waals surface area contributed by atoms with E-state index in [4.69, 9.17) is 4.74 Å². The third-order valence-corrected chi connectivity index (χ3v) is 3.76. The number of methoxy groups -OCH3 is 1. The molecule has 0 bridgehead atoms. The van der Waals surface area contributed by atoms with E-state index in [1.807, 2.05) is 6.92 Å². The maximum atomic E-state index is 5.38. The summed E-state index contributed by atoms with van der Waals surface area (Å²) in [4.78, 5) is 9.71. The van der Waals surface area contributed by atoms with Crippen LogP contribution in [0, 0.1) is 6.92 Å². The molecule has 102 valence electrons. The van der Waals surface area contributed by atoms with Gasteiger partial charge in [-0.1, -0.05) is 0 Å². The van der Waals surface area contributed by atoms with Gasteiger partial charge in [0.05, 0.1) is 13.7 Å². The summed E-state index contributed by atoms with van der Waals surface area (Å²) in [5.74, 6) is 2.07. The van der Waals surface area contributed by atoms with Gasteiger partial charge >= 0.3 is 0 Å². The maximum absolute atomic E-state index is 5.38. The van der Waals surface area contributed by atoms with Gasteiger partial charge in [0.25, 0.3) is 0 Å². The first kappa shape index (κ1) is 13.6. The van der Waals surface area contributed by atoms with E-state index >= 15 is 0 Å². The minimum Gasteiger partial charge on any atom is -0.490 e. The molecule has 2 aromatic heterocycles. The van der Waals surface area contributed by atoms with Crippen LogP contribution in [0.5, 0.6) is 5.75 Å². The van der Waals surface area contributed by atoms with Crippen LogP contribution in [0.15, 0.2) is 17.8 Å². The van der Waals surface area contributed by atoms with Gasteiger partial charge in [0.1, 0.15) is 6.33 Å². The van der Waals surface area contributed by atoms with E-state index in [0.717, 1.165) is 13.1 Å². The molecule has 0 amide bonds. The lowest BCUT2D eigenvalue weighted by atomic mass is 10.3. The summed E-state index contributed by atoms with van der Waals surface area (Å²) >= 11 is 1.73. The van der Waals surface area contributed by atoms with E-state index in [1.165, 1.54) is 16.8 Å². The Bertz CT molecular complexity index is 541. The monoisotopic (exact) mass is 278 g/mol. The molecule has 0 radical (unpaired) electrons. The first-order valence-electron chi connectivity index (χ1n) is 6.16. The zero-order valence-electron chi connectivity index (χ0n) is 11.4. The predicted octanol–water partition coefficient (Wildman–Crippen LogP) is 2.90. The van der Waals surface area contributed by atoms with Crippen LogP contribution in [0.4, 0.5) is 11.6 Å². The molecule has 5 nitrogen and oxygen atoms in total. The van der Waals surface area contributed by atoms with Crippen molar-refractivity contribution in [2.24, 2.45) is 0 Å². The zero-order chi connectivity index (χ0) is 13.7. The first-order valence-corrected chi connectivity index (χ1v) is 7.04. The molecule has 2 rings (SSSR count). The Morgan fingerprint density at radius 1 is 1.26 bits per heavy atom. The molecule has 2 N–H and O–H groups in total. The van der Waals surface area contributed by atoms with Gasteiger partial charge in [0, 0.05) is 11.4 Å². The van der Waals surface area contributed by atoms with Crippen LogP contribution in [0.25, 0.3) is 0 Å². The SMILES string of the molecule is CCNc1ncnc(NCc2sccc2C)c1OC. The summed E-state index contributed by atoms with van der Waals surface area (Å²) in [5, 5.41) is 8.55. The number of rotatable bonds is 6. The van der Waals surface area contributed by atoms with Crippen LogP contribution >= 0.6 is 11.3 Å². The second-order valence-corrected chi connectivity index (χ2v) is 5.02. The molecule has 0 aliphatic heterocycles. The predicted molar refractivity (Wildman–Crippen MR) is 79.1 cm³/mol. The van der Waals surface area contributed by atoms with Crippen molar-refractivity contribution in [3.63, 3.8) is 0 Å². The molecule has 6 heteroatoms. The van der Waals surface area contributed by atoms with Gasteiger partial charge in [-0.05, 0) is 30.9 Å². The van der Waals surface area contributed by atoms with Gasteiger partial charge in [0.2, 0.25) is 5.75 Å². The van der Waals surface area contributed by atoms with E-state index < -0.39 is 0 Å². The molecule has 0 saturated carbocycles. The van der Waals surface area contributed by atoms with Gasteiger partial charge in [-0.15, -0.1) is 11.3 Å². The molecule has 2 heterocycles. The average Bonchev–Trinajstić information content (AvgIpc) is 2.82. The van der Waals surface area contributed by atoms with Crippen molar-refractivity contribution in [2.75, 3.05) is 24.3 Å². The smallest absolute Gasteiger partial charge is 0.204 e. The number of nitrogens with one attached hydrogen (secondary N) is 2. The van der Waals surface area contributed by atoms with Crippen molar-refractivity contribution < 1.29 is 4.74 Å². The quantitative estimate of drug-likeness (QED) is 0.851. The second-order valence-electron chi connectivity index (χ2n) is 4.01. The third-order valence-electron chi connectivity index (χ3n) is 2.74. The third kappa shape index (κ3) is 3.14. The summed E-state index contributed by atoms with van der Waals surface area (Å²) in [6, 6.07) is 2.11. The number of nitrogens with zero attached hydrogens (tertiary/aromatic N) is 2. The van der Waals surface area contributed by atoms with E-state index in [2.05, 4.69) is 39.0 Å². The average molecular weight is 278 g/mol. The van der Waals surface area contributed by atoms with Crippen molar-refractivity contribution in [3.8, 4) is 5.75 Å². The summed E-state index contributed by atoms with van der Waals surface area (Å²) < 4.78 is 5.38. The van der Waals surface area contributed by atoms with E-state index in [-0.39, 0.29) is 0 Å². The molecular weight excluding hydrogens is 260 g/mol. The van der Waals surface area contributed by atoms with Crippen LogP contribution in [0.2, 0.25) is 0 Å². The molecule has 2 aromatic rings. The van der Waals surface area contributed by atoms with Gasteiger partial charge in [-0.25, -0.2) is 9.97 Å². The van der Waals surface area contributed by atoms with Gasteiger partial charge in [0.15, 0.2) is 11.6 Å². The van der Waals surface area contributed by atoms with Gasteiger partial charge in [-0.3, -0.25) is 0 Å². The Labute approximate surface area is 117 Å². The Hall–Kier alpha value is -1.82. The van der Waals surface area contributed by atoms with Crippen LogP contribution < -0.4 is 15.4 Å². The van der Waals surface area contributed by atoms with E-state index in [0.29, 0.717) is 17.4 Å². The van der Waals surface area contributed by atoms with Crippen LogP contribution in [0.1, 0.15) is 17.4 Å². The van der Waals surface area contributed by atoms with Crippen LogP contribution in [-0.2, 0) is 6.54 Å². The fourth-order valence-corrected chi connectivity index (χ4v) is 2.58. The van der Waals surface area contributed by atoms with Crippen LogP contribution in [0.3, 0.4) is 0 Å². The van der Waals surface area contributed by atoms with Crippen LogP contribution in [-0.4, -0.2) is 23.6 Å². The minimum absolute atomic E-state index is 0.651. The maximum Gasteiger partial charge on any atom is 0.204 e. The van der Waals surface area contributed by atoms with Crippen molar-refractivity contribution in [1.82, 2.24) is 9.97 Å². The first-order chi connectivity index (χ1) is 9.26.